The van der Waals surface area contributed by atoms with Crippen LogP contribution >= 0.6 is 0 Å². The van der Waals surface area contributed by atoms with E-state index in [9.17, 15) is 18.0 Å². The van der Waals surface area contributed by atoms with Crippen LogP contribution in [-0.4, -0.2) is 69.2 Å². The van der Waals surface area contributed by atoms with Crippen molar-refractivity contribution < 1.29 is 27.5 Å². The van der Waals surface area contributed by atoms with Crippen LogP contribution in [0.4, 0.5) is 4.79 Å². The number of piperidine rings is 1. The van der Waals surface area contributed by atoms with E-state index in [-0.39, 0.29) is 19.7 Å². The Labute approximate surface area is 153 Å². The van der Waals surface area contributed by atoms with Crippen molar-refractivity contribution in [2.45, 2.75) is 19.1 Å². The first-order valence-corrected chi connectivity index (χ1v) is 10.0. The highest BCUT2D eigenvalue weighted by molar-refractivity contribution is 7.88. The Kier molecular flexibility index (Phi) is 6.60. The number of sulfonamides is 1. The zero-order chi connectivity index (χ0) is 19.3. The van der Waals surface area contributed by atoms with Crippen LogP contribution in [0.5, 0.6) is 0 Å². The van der Waals surface area contributed by atoms with Gasteiger partial charge in [-0.05, 0) is 12.0 Å². The van der Waals surface area contributed by atoms with Crippen LogP contribution in [0.2, 0.25) is 0 Å². The van der Waals surface area contributed by atoms with Gasteiger partial charge in [-0.1, -0.05) is 30.3 Å². The summed E-state index contributed by atoms with van der Waals surface area (Å²) in [6.07, 6.45) is 0.792. The molecule has 9 heteroatoms. The van der Waals surface area contributed by atoms with Gasteiger partial charge >= 0.3 is 12.1 Å². The van der Waals surface area contributed by atoms with Gasteiger partial charge in [0.25, 0.3) is 0 Å². The number of carbonyl (C=O) groups excluding carboxylic acids is 2. The number of carbonyl (C=O) groups is 2. The fourth-order valence-corrected chi connectivity index (χ4v) is 3.60. The van der Waals surface area contributed by atoms with Gasteiger partial charge in [0.05, 0.1) is 19.3 Å². The third kappa shape index (κ3) is 5.18. The Morgan fingerprint density at radius 2 is 1.88 bits per heavy atom. The number of likely N-dealkylation sites (N-methyl/N-ethyl adjacent to an activating group) is 1. The largest absolute Gasteiger partial charge is 0.469 e. The molecule has 2 atom stereocenters. The van der Waals surface area contributed by atoms with Crippen LogP contribution in [0, 0.1) is 5.92 Å². The van der Waals surface area contributed by atoms with Gasteiger partial charge in [0.1, 0.15) is 6.61 Å². The molecule has 2 rings (SSSR count). The molecule has 1 saturated heterocycles. The predicted molar refractivity (Wildman–Crippen MR) is 94.7 cm³/mol. The topological polar surface area (TPSA) is 93.2 Å². The molecule has 1 heterocycles. The van der Waals surface area contributed by atoms with Crippen molar-refractivity contribution in [3.63, 3.8) is 0 Å². The minimum atomic E-state index is -3.46. The van der Waals surface area contributed by atoms with Crippen LogP contribution in [-0.2, 0) is 30.9 Å². The van der Waals surface area contributed by atoms with Gasteiger partial charge in [-0.25, -0.2) is 17.5 Å². The van der Waals surface area contributed by atoms with Crippen LogP contribution in [0.25, 0.3) is 0 Å². The van der Waals surface area contributed by atoms with Crippen LogP contribution < -0.4 is 0 Å². The molecule has 0 aromatic heterocycles. The van der Waals surface area contributed by atoms with E-state index in [2.05, 4.69) is 0 Å². The number of benzene rings is 1. The van der Waals surface area contributed by atoms with Gasteiger partial charge < -0.3 is 14.4 Å². The molecule has 0 unspecified atom stereocenters. The Morgan fingerprint density at radius 3 is 2.46 bits per heavy atom. The lowest BCUT2D eigenvalue weighted by molar-refractivity contribution is -0.147. The summed E-state index contributed by atoms with van der Waals surface area (Å²) in [4.78, 5) is 25.8. The molecule has 1 aliphatic rings. The summed E-state index contributed by atoms with van der Waals surface area (Å²) >= 11 is 0. The van der Waals surface area contributed by atoms with Crippen molar-refractivity contribution in [2.75, 3.05) is 33.5 Å². The SMILES string of the molecule is COC(=O)[C@H]1C[C@@H](N(C)S(C)(=O)=O)CN(C(=O)OCc2ccccc2)C1. The first-order valence-electron chi connectivity index (χ1n) is 8.18. The Balaban J connectivity index is 2.09. The minimum Gasteiger partial charge on any atom is -0.469 e. The molecule has 0 N–H and O–H groups in total. The van der Waals surface area contributed by atoms with Crippen molar-refractivity contribution in [3.05, 3.63) is 35.9 Å². The van der Waals surface area contributed by atoms with Crippen molar-refractivity contribution in [1.82, 2.24) is 9.21 Å². The predicted octanol–water partition coefficient (Wildman–Crippen LogP) is 1.08. The molecule has 0 spiro atoms. The quantitative estimate of drug-likeness (QED) is 0.705. The second kappa shape index (κ2) is 8.50. The molecule has 26 heavy (non-hydrogen) atoms. The van der Waals surface area contributed by atoms with Gasteiger partial charge in [-0.15, -0.1) is 0 Å². The molecule has 1 amide bonds. The zero-order valence-electron chi connectivity index (χ0n) is 15.1. The highest BCUT2D eigenvalue weighted by atomic mass is 32.2. The molecule has 1 aromatic carbocycles. The molecule has 1 aliphatic heterocycles. The van der Waals surface area contributed by atoms with E-state index >= 15 is 0 Å². The van der Waals surface area contributed by atoms with Gasteiger partial charge in [0, 0.05) is 26.2 Å². The monoisotopic (exact) mass is 384 g/mol. The van der Waals surface area contributed by atoms with Gasteiger partial charge in [0.2, 0.25) is 10.0 Å². The minimum absolute atomic E-state index is 0.103. The summed E-state index contributed by atoms with van der Waals surface area (Å²) in [6, 6.07) is 8.69. The normalized spacial score (nSPS) is 20.7. The summed E-state index contributed by atoms with van der Waals surface area (Å²) in [7, 11) is -0.754. The first-order chi connectivity index (χ1) is 12.2. The summed E-state index contributed by atoms with van der Waals surface area (Å²) in [6.45, 7) is 0.394. The molecule has 144 valence electrons. The van der Waals surface area contributed by atoms with E-state index in [1.807, 2.05) is 30.3 Å². The summed E-state index contributed by atoms with van der Waals surface area (Å²) in [5, 5.41) is 0. The van der Waals surface area contributed by atoms with Crippen molar-refractivity contribution >= 4 is 22.1 Å². The lowest BCUT2D eigenvalue weighted by Gasteiger charge is -2.39. The fourth-order valence-electron chi connectivity index (χ4n) is 2.90. The van der Waals surface area contributed by atoms with Crippen LogP contribution in [0.3, 0.4) is 0 Å². The molecule has 1 fully saturated rings. The second-order valence-electron chi connectivity index (χ2n) is 6.33. The maximum absolute atomic E-state index is 12.4. The molecule has 1 aromatic rings. The van der Waals surface area contributed by atoms with Crippen LogP contribution in [0.1, 0.15) is 12.0 Å². The number of rotatable bonds is 5. The molecule has 0 bridgehead atoms. The first kappa shape index (κ1) is 20.2. The Morgan fingerprint density at radius 1 is 1.23 bits per heavy atom. The van der Waals surface area contributed by atoms with E-state index in [0.29, 0.717) is 6.42 Å². The number of esters is 1. The van der Waals surface area contributed by atoms with Gasteiger partial charge in [0.15, 0.2) is 0 Å². The third-order valence-corrected chi connectivity index (χ3v) is 5.81. The highest BCUT2D eigenvalue weighted by Gasteiger charge is 2.38. The summed E-state index contributed by atoms with van der Waals surface area (Å²) in [5.74, 6) is -1.08. The average molecular weight is 384 g/mol. The van der Waals surface area contributed by atoms with Gasteiger partial charge in [-0.2, -0.15) is 0 Å². The van der Waals surface area contributed by atoms with E-state index < -0.39 is 34.0 Å². The molecule has 0 saturated carbocycles. The number of hydrogen-bond acceptors (Lipinski definition) is 6. The van der Waals surface area contributed by atoms with Gasteiger partial charge in [-0.3, -0.25) is 4.79 Å². The number of likely N-dealkylation sites (tertiary alicyclic amines) is 1. The fraction of sp³-hybridized carbons (Fsp3) is 0.529. The lowest BCUT2D eigenvalue weighted by Crippen LogP contribution is -2.54. The number of methoxy groups -OCH3 is 1. The maximum Gasteiger partial charge on any atom is 0.410 e. The third-order valence-electron chi connectivity index (χ3n) is 4.46. The Bertz CT molecular complexity index is 737. The average Bonchev–Trinajstić information content (AvgIpc) is 2.64. The van der Waals surface area contributed by atoms with Crippen LogP contribution in [0.15, 0.2) is 30.3 Å². The van der Waals surface area contributed by atoms with Crippen molar-refractivity contribution in [3.8, 4) is 0 Å². The van der Waals surface area contributed by atoms with E-state index in [1.54, 1.807) is 0 Å². The van der Waals surface area contributed by atoms with E-state index in [4.69, 9.17) is 9.47 Å². The van der Waals surface area contributed by atoms with E-state index in [0.717, 1.165) is 11.8 Å². The highest BCUT2D eigenvalue weighted by Crippen LogP contribution is 2.23. The molecule has 0 radical (unpaired) electrons. The van der Waals surface area contributed by atoms with Crippen molar-refractivity contribution in [1.29, 1.82) is 0 Å². The number of ether oxygens (including phenoxy) is 2. The Hall–Kier alpha value is -2.13. The summed E-state index contributed by atoms with van der Waals surface area (Å²) in [5.41, 5.74) is 0.840. The maximum atomic E-state index is 12.4. The number of amides is 1. The number of nitrogens with zero attached hydrogens (tertiary/aromatic N) is 2. The molecular weight excluding hydrogens is 360 g/mol. The smallest absolute Gasteiger partial charge is 0.410 e. The summed E-state index contributed by atoms with van der Waals surface area (Å²) < 4.78 is 34.9. The second-order valence-corrected chi connectivity index (χ2v) is 8.38. The van der Waals surface area contributed by atoms with E-state index in [1.165, 1.54) is 23.4 Å². The number of hydrogen-bond donors (Lipinski definition) is 0. The molecule has 0 aliphatic carbocycles. The molecular formula is C17H24N2O6S. The standard InChI is InChI=1S/C17H24N2O6S/c1-18(26(3,22)23)15-9-14(16(20)24-2)10-19(11-15)17(21)25-12-13-7-5-4-6-8-13/h4-8,14-15H,9-12H2,1-3H3/t14-,15+/m0/s1. The van der Waals surface area contributed by atoms with Crippen molar-refractivity contribution in [2.24, 2.45) is 5.92 Å². The lowest BCUT2D eigenvalue weighted by atomic mass is 9.94. The zero-order valence-corrected chi connectivity index (χ0v) is 15.9. The molecule has 8 nitrogen and oxygen atoms in total.